The summed E-state index contributed by atoms with van der Waals surface area (Å²) < 4.78 is 32.2. The van der Waals surface area contributed by atoms with E-state index >= 15 is 8.78 Å². The fraction of sp³-hybridized carbons (Fsp3) is 0.312. The largest absolute Gasteiger partial charge is 0.371 e. The number of halogens is 2. The normalized spacial score (nSPS) is 20.7. The summed E-state index contributed by atoms with van der Waals surface area (Å²) >= 11 is 0. The zero-order valence-electron chi connectivity index (χ0n) is 22.8. The minimum atomic E-state index is -1.24. The van der Waals surface area contributed by atoms with E-state index in [-0.39, 0.29) is 30.0 Å². The molecule has 0 N–H and O–H groups in total. The Morgan fingerprint density at radius 2 is 1.90 bits per heavy atom. The second-order valence-corrected chi connectivity index (χ2v) is 10.9. The highest BCUT2D eigenvalue weighted by Crippen LogP contribution is 2.35. The summed E-state index contributed by atoms with van der Waals surface area (Å²) in [4.78, 5) is 26.8. The van der Waals surface area contributed by atoms with E-state index in [4.69, 9.17) is 5.10 Å². The molecule has 0 spiro atoms. The molecule has 1 saturated heterocycles. The SMILES string of the molecule is CC1C2=C(C=CCC2)C(F)CN1C(=O)c1cc(-c2ccccn2)n2nc(-c3ccc(N4CCCC4)cc3F)cc2n1. The van der Waals surface area contributed by atoms with Crippen molar-refractivity contribution in [3.05, 3.63) is 89.5 Å². The predicted molar refractivity (Wildman–Crippen MR) is 154 cm³/mol. The van der Waals surface area contributed by atoms with Crippen molar-refractivity contribution in [1.82, 2.24) is 24.5 Å². The molecule has 0 radical (unpaired) electrons. The first-order valence-corrected chi connectivity index (χ1v) is 14.2. The lowest BCUT2D eigenvalue weighted by molar-refractivity contribution is 0.0643. The van der Waals surface area contributed by atoms with Gasteiger partial charge in [-0.15, -0.1) is 0 Å². The van der Waals surface area contributed by atoms with Crippen LogP contribution in [0.15, 0.2) is 78.0 Å². The number of allylic oxidation sites excluding steroid dienone is 2. The van der Waals surface area contributed by atoms with Crippen LogP contribution in [-0.4, -0.2) is 62.2 Å². The van der Waals surface area contributed by atoms with Crippen molar-refractivity contribution >= 4 is 17.2 Å². The van der Waals surface area contributed by atoms with E-state index in [1.807, 2.05) is 37.3 Å². The van der Waals surface area contributed by atoms with E-state index in [9.17, 15) is 4.79 Å². The number of nitrogens with zero attached hydrogens (tertiary/aromatic N) is 6. The van der Waals surface area contributed by atoms with Crippen molar-refractivity contribution in [3.8, 4) is 22.6 Å². The third kappa shape index (κ3) is 4.49. The van der Waals surface area contributed by atoms with Crippen molar-refractivity contribution in [3.63, 3.8) is 0 Å². The van der Waals surface area contributed by atoms with Crippen LogP contribution in [0.1, 0.15) is 43.1 Å². The smallest absolute Gasteiger partial charge is 0.273 e. The lowest BCUT2D eigenvalue weighted by Crippen LogP contribution is -2.48. The van der Waals surface area contributed by atoms with E-state index in [1.165, 1.54) is 0 Å². The van der Waals surface area contributed by atoms with Gasteiger partial charge in [-0.3, -0.25) is 9.78 Å². The lowest BCUT2D eigenvalue weighted by Gasteiger charge is -2.39. The van der Waals surface area contributed by atoms with Crippen LogP contribution in [0.4, 0.5) is 14.5 Å². The van der Waals surface area contributed by atoms with Crippen LogP contribution in [0, 0.1) is 5.82 Å². The van der Waals surface area contributed by atoms with Gasteiger partial charge in [-0.2, -0.15) is 5.10 Å². The molecule has 2 aliphatic heterocycles. The zero-order chi connectivity index (χ0) is 28.1. The number of benzene rings is 1. The third-order valence-corrected chi connectivity index (χ3v) is 8.45. The molecule has 7 rings (SSSR count). The van der Waals surface area contributed by atoms with Gasteiger partial charge in [-0.25, -0.2) is 18.3 Å². The van der Waals surface area contributed by atoms with Crippen LogP contribution < -0.4 is 4.90 Å². The van der Waals surface area contributed by atoms with Crippen LogP contribution in [-0.2, 0) is 0 Å². The van der Waals surface area contributed by atoms with Crippen molar-refractivity contribution in [2.24, 2.45) is 0 Å². The number of hydrogen-bond donors (Lipinski definition) is 0. The second-order valence-electron chi connectivity index (χ2n) is 10.9. The van der Waals surface area contributed by atoms with Gasteiger partial charge in [-0.05, 0) is 80.2 Å². The topological polar surface area (TPSA) is 66.6 Å². The highest BCUT2D eigenvalue weighted by molar-refractivity contribution is 5.94. The average molecular weight is 553 g/mol. The molecule has 2 atom stereocenters. The first-order valence-electron chi connectivity index (χ1n) is 14.2. The molecule has 1 aromatic carbocycles. The minimum absolute atomic E-state index is 0.0337. The fourth-order valence-electron chi connectivity index (χ4n) is 6.28. The Morgan fingerprint density at radius 3 is 2.68 bits per heavy atom. The number of carbonyl (C=O) groups excluding carboxylic acids is 1. The van der Waals surface area contributed by atoms with Crippen molar-refractivity contribution < 1.29 is 13.6 Å². The van der Waals surface area contributed by atoms with Gasteiger partial charge in [0.05, 0.1) is 29.7 Å². The lowest BCUT2D eigenvalue weighted by atomic mass is 9.86. The molecule has 4 aromatic rings. The van der Waals surface area contributed by atoms with Crippen molar-refractivity contribution in [2.75, 3.05) is 24.5 Å². The molecule has 3 aliphatic rings. The molecular formula is C32H30F2N6O. The van der Waals surface area contributed by atoms with Crippen LogP contribution in [0.3, 0.4) is 0 Å². The van der Waals surface area contributed by atoms with E-state index in [0.29, 0.717) is 33.9 Å². The summed E-state index contributed by atoms with van der Waals surface area (Å²) in [6, 6.07) is 13.8. The summed E-state index contributed by atoms with van der Waals surface area (Å²) in [6.45, 7) is 3.76. The summed E-state index contributed by atoms with van der Waals surface area (Å²) in [5, 5.41) is 4.70. The first kappa shape index (κ1) is 25.6. The number of aromatic nitrogens is 4. The number of hydrogen-bond acceptors (Lipinski definition) is 5. The number of anilines is 1. The highest BCUT2D eigenvalue weighted by atomic mass is 19.1. The first-order chi connectivity index (χ1) is 20.0. The number of carbonyl (C=O) groups is 1. The molecular weight excluding hydrogens is 522 g/mol. The Hall–Kier alpha value is -4.40. The maximum Gasteiger partial charge on any atom is 0.273 e. The van der Waals surface area contributed by atoms with Crippen LogP contribution in [0.25, 0.3) is 28.3 Å². The van der Waals surface area contributed by atoms with Crippen molar-refractivity contribution in [1.29, 1.82) is 0 Å². The summed E-state index contributed by atoms with van der Waals surface area (Å²) in [5.41, 5.74) is 4.97. The molecule has 5 heterocycles. The molecule has 208 valence electrons. The molecule has 2 unspecified atom stereocenters. The summed E-state index contributed by atoms with van der Waals surface area (Å²) in [7, 11) is 0. The van der Waals surface area contributed by atoms with E-state index in [2.05, 4.69) is 14.9 Å². The van der Waals surface area contributed by atoms with Gasteiger partial charge in [0.25, 0.3) is 5.91 Å². The molecule has 9 heteroatoms. The zero-order valence-corrected chi connectivity index (χ0v) is 22.8. The average Bonchev–Trinajstić information content (AvgIpc) is 3.69. The van der Waals surface area contributed by atoms with Gasteiger partial charge in [0.15, 0.2) is 5.65 Å². The molecule has 1 fully saturated rings. The maximum absolute atomic E-state index is 15.4. The van der Waals surface area contributed by atoms with E-state index in [0.717, 1.165) is 50.0 Å². The van der Waals surface area contributed by atoms with E-state index < -0.39 is 6.17 Å². The monoisotopic (exact) mass is 552 g/mol. The Morgan fingerprint density at radius 1 is 1.05 bits per heavy atom. The molecule has 3 aromatic heterocycles. The Bertz CT molecular complexity index is 1710. The van der Waals surface area contributed by atoms with Gasteiger partial charge in [0.2, 0.25) is 0 Å². The van der Waals surface area contributed by atoms with Gasteiger partial charge in [0, 0.05) is 36.6 Å². The second kappa shape index (κ2) is 10.2. The summed E-state index contributed by atoms with van der Waals surface area (Å²) in [6.07, 6.45) is 8.05. The molecule has 1 aliphatic carbocycles. The van der Waals surface area contributed by atoms with Crippen LogP contribution in [0.2, 0.25) is 0 Å². The van der Waals surface area contributed by atoms with Crippen molar-refractivity contribution in [2.45, 2.75) is 44.8 Å². The number of alkyl halides is 1. The standard InChI is InChI=1S/C32H30F2N6O/c1-20-22-8-2-3-9-23(22)26(34)19-39(20)32(41)29-17-30(27-10-4-5-13-35-27)40-31(36-29)18-28(37-40)24-12-11-21(16-25(24)33)38-14-6-7-15-38/h3-5,9-13,16-18,20,26H,2,6-8,14-15,19H2,1H3. The Labute approximate surface area is 236 Å². The van der Waals surface area contributed by atoms with Gasteiger partial charge >= 0.3 is 0 Å². The summed E-state index contributed by atoms with van der Waals surface area (Å²) in [5.74, 6) is -0.722. The van der Waals surface area contributed by atoms with Crippen LogP contribution in [0.5, 0.6) is 0 Å². The van der Waals surface area contributed by atoms with E-state index in [1.54, 1.807) is 45.9 Å². The molecule has 7 nitrogen and oxygen atoms in total. The van der Waals surface area contributed by atoms with Gasteiger partial charge < -0.3 is 9.80 Å². The fourth-order valence-corrected chi connectivity index (χ4v) is 6.28. The molecule has 41 heavy (non-hydrogen) atoms. The van der Waals surface area contributed by atoms with Gasteiger partial charge in [0.1, 0.15) is 17.7 Å². The predicted octanol–water partition coefficient (Wildman–Crippen LogP) is 6.03. The molecule has 0 bridgehead atoms. The van der Waals surface area contributed by atoms with Crippen LogP contribution >= 0.6 is 0 Å². The number of fused-ring (bicyclic) bond motifs is 1. The quantitative estimate of drug-likeness (QED) is 0.310. The third-order valence-electron chi connectivity index (χ3n) is 8.45. The highest BCUT2D eigenvalue weighted by Gasteiger charge is 2.36. The number of amides is 1. The number of pyridine rings is 1. The minimum Gasteiger partial charge on any atom is -0.371 e. The Kier molecular flexibility index (Phi) is 6.37. The number of rotatable bonds is 4. The Balaban J connectivity index is 1.30. The molecule has 1 amide bonds. The van der Waals surface area contributed by atoms with Gasteiger partial charge in [-0.1, -0.05) is 18.2 Å². The molecule has 0 saturated carbocycles. The maximum atomic E-state index is 15.4.